The van der Waals surface area contributed by atoms with Gasteiger partial charge in [-0.15, -0.1) is 0 Å². The molecule has 1 aromatic heterocycles. The van der Waals surface area contributed by atoms with E-state index in [1.807, 2.05) is 13.0 Å². The molecular formula is C10H17N3O. The summed E-state index contributed by atoms with van der Waals surface area (Å²) in [5.74, 6) is 1.94. The Labute approximate surface area is 84.7 Å². The van der Waals surface area contributed by atoms with Crippen molar-refractivity contribution < 1.29 is 4.74 Å². The van der Waals surface area contributed by atoms with Crippen molar-refractivity contribution in [1.29, 1.82) is 0 Å². The molecule has 78 valence electrons. The Balaban J connectivity index is 2.54. The van der Waals surface area contributed by atoms with Gasteiger partial charge in [-0.25, -0.2) is 9.97 Å². The molecule has 0 spiro atoms. The number of nitrogens with one attached hydrogen (secondary N) is 1. The zero-order valence-electron chi connectivity index (χ0n) is 8.95. The van der Waals surface area contributed by atoms with Crippen LogP contribution < -0.4 is 10.1 Å². The van der Waals surface area contributed by atoms with E-state index in [-0.39, 0.29) is 0 Å². The largest absolute Gasteiger partial charge is 0.477 e. The average molecular weight is 195 g/mol. The maximum absolute atomic E-state index is 5.46. The summed E-state index contributed by atoms with van der Waals surface area (Å²) in [6.45, 7) is 7.76. The fourth-order valence-electron chi connectivity index (χ4n) is 0.948. The minimum absolute atomic E-state index is 0.507. The first-order chi connectivity index (χ1) is 6.72. The van der Waals surface area contributed by atoms with E-state index in [1.165, 1.54) is 6.33 Å². The number of nitrogens with zero attached hydrogens (tertiary/aromatic N) is 2. The Morgan fingerprint density at radius 2 is 2.21 bits per heavy atom. The van der Waals surface area contributed by atoms with Crippen LogP contribution in [0.1, 0.15) is 20.8 Å². The first-order valence-corrected chi connectivity index (χ1v) is 4.91. The van der Waals surface area contributed by atoms with E-state index in [0.717, 1.165) is 12.4 Å². The molecule has 1 heterocycles. The first kappa shape index (κ1) is 10.8. The minimum atomic E-state index is 0.507. The third-order valence-corrected chi connectivity index (χ3v) is 1.56. The summed E-state index contributed by atoms with van der Waals surface area (Å²) >= 11 is 0. The Hall–Kier alpha value is -1.32. The SMILES string of the molecule is CCNc1cc(OCC(C)C)ncn1. The summed E-state index contributed by atoms with van der Waals surface area (Å²) in [7, 11) is 0. The average Bonchev–Trinajstić information content (AvgIpc) is 2.16. The Morgan fingerprint density at radius 3 is 2.86 bits per heavy atom. The molecule has 4 nitrogen and oxygen atoms in total. The molecule has 0 atom stereocenters. The van der Waals surface area contributed by atoms with Gasteiger partial charge in [0.2, 0.25) is 5.88 Å². The second-order valence-corrected chi connectivity index (χ2v) is 3.48. The van der Waals surface area contributed by atoms with Crippen LogP contribution in [0.5, 0.6) is 5.88 Å². The maximum Gasteiger partial charge on any atom is 0.218 e. The van der Waals surface area contributed by atoms with E-state index in [9.17, 15) is 0 Å². The molecule has 0 bridgehead atoms. The van der Waals surface area contributed by atoms with E-state index in [1.54, 1.807) is 0 Å². The molecule has 1 aromatic rings. The van der Waals surface area contributed by atoms with Gasteiger partial charge in [0.05, 0.1) is 6.61 Å². The minimum Gasteiger partial charge on any atom is -0.477 e. The monoisotopic (exact) mass is 195 g/mol. The van der Waals surface area contributed by atoms with Gasteiger partial charge in [-0.3, -0.25) is 0 Å². The second-order valence-electron chi connectivity index (χ2n) is 3.48. The van der Waals surface area contributed by atoms with Crippen LogP contribution in [0.25, 0.3) is 0 Å². The summed E-state index contributed by atoms with van der Waals surface area (Å²) in [6.07, 6.45) is 1.51. The van der Waals surface area contributed by atoms with Crippen molar-refractivity contribution >= 4 is 5.82 Å². The van der Waals surface area contributed by atoms with Gasteiger partial charge in [-0.1, -0.05) is 13.8 Å². The van der Waals surface area contributed by atoms with E-state index in [4.69, 9.17) is 4.74 Å². The normalized spacial score (nSPS) is 10.3. The molecule has 14 heavy (non-hydrogen) atoms. The molecule has 0 amide bonds. The Morgan fingerprint density at radius 1 is 1.43 bits per heavy atom. The molecule has 0 fully saturated rings. The zero-order chi connectivity index (χ0) is 10.4. The third kappa shape index (κ3) is 3.60. The fourth-order valence-corrected chi connectivity index (χ4v) is 0.948. The maximum atomic E-state index is 5.46. The first-order valence-electron chi connectivity index (χ1n) is 4.91. The summed E-state index contributed by atoms with van der Waals surface area (Å²) < 4.78 is 5.46. The molecule has 0 aliphatic rings. The zero-order valence-corrected chi connectivity index (χ0v) is 8.95. The molecule has 4 heteroatoms. The lowest BCUT2D eigenvalue weighted by Crippen LogP contribution is -2.07. The predicted octanol–water partition coefficient (Wildman–Crippen LogP) is 1.94. The van der Waals surface area contributed by atoms with E-state index >= 15 is 0 Å². The van der Waals surface area contributed by atoms with Crippen LogP contribution in [0.2, 0.25) is 0 Å². The lowest BCUT2D eigenvalue weighted by molar-refractivity contribution is 0.261. The standard InChI is InChI=1S/C10H17N3O/c1-4-11-9-5-10(13-7-12-9)14-6-8(2)3/h5,7-8H,4,6H2,1-3H3,(H,11,12,13). The smallest absolute Gasteiger partial charge is 0.218 e. The van der Waals surface area contributed by atoms with Crippen molar-refractivity contribution in [2.75, 3.05) is 18.5 Å². The van der Waals surface area contributed by atoms with Crippen molar-refractivity contribution in [2.24, 2.45) is 5.92 Å². The molecule has 0 unspecified atom stereocenters. The van der Waals surface area contributed by atoms with Crippen molar-refractivity contribution in [2.45, 2.75) is 20.8 Å². The van der Waals surface area contributed by atoms with Gasteiger partial charge >= 0.3 is 0 Å². The van der Waals surface area contributed by atoms with Gasteiger partial charge in [0.1, 0.15) is 12.1 Å². The quantitative estimate of drug-likeness (QED) is 0.780. The second kappa shape index (κ2) is 5.42. The highest BCUT2D eigenvalue weighted by Gasteiger charge is 2.00. The number of ether oxygens (including phenoxy) is 1. The summed E-state index contributed by atoms with van der Waals surface area (Å²) in [5.41, 5.74) is 0. The van der Waals surface area contributed by atoms with Gasteiger partial charge in [0.15, 0.2) is 0 Å². The predicted molar refractivity (Wildman–Crippen MR) is 56.5 cm³/mol. The summed E-state index contributed by atoms with van der Waals surface area (Å²) in [5, 5.41) is 3.10. The van der Waals surface area contributed by atoms with Crippen LogP contribution >= 0.6 is 0 Å². The van der Waals surface area contributed by atoms with Gasteiger partial charge < -0.3 is 10.1 Å². The molecule has 0 aliphatic heterocycles. The van der Waals surface area contributed by atoms with Crippen LogP contribution in [-0.4, -0.2) is 23.1 Å². The molecule has 1 N–H and O–H groups in total. The van der Waals surface area contributed by atoms with Crippen molar-refractivity contribution in [3.63, 3.8) is 0 Å². The van der Waals surface area contributed by atoms with E-state index in [0.29, 0.717) is 18.4 Å². The molecular weight excluding hydrogens is 178 g/mol. The van der Waals surface area contributed by atoms with Crippen molar-refractivity contribution in [1.82, 2.24) is 9.97 Å². The lowest BCUT2D eigenvalue weighted by atomic mass is 10.2. The van der Waals surface area contributed by atoms with Crippen LogP contribution in [0.4, 0.5) is 5.82 Å². The fraction of sp³-hybridized carbons (Fsp3) is 0.600. The Bertz CT molecular complexity index is 276. The van der Waals surface area contributed by atoms with Crippen LogP contribution in [0.3, 0.4) is 0 Å². The highest BCUT2D eigenvalue weighted by molar-refractivity contribution is 5.36. The molecule has 0 radical (unpaired) electrons. The van der Waals surface area contributed by atoms with Gasteiger partial charge in [0.25, 0.3) is 0 Å². The molecule has 0 saturated carbocycles. The Kier molecular flexibility index (Phi) is 4.16. The number of hydrogen-bond donors (Lipinski definition) is 1. The van der Waals surface area contributed by atoms with E-state index < -0.39 is 0 Å². The number of anilines is 1. The number of hydrogen-bond acceptors (Lipinski definition) is 4. The van der Waals surface area contributed by atoms with Gasteiger partial charge in [-0.05, 0) is 12.8 Å². The summed E-state index contributed by atoms with van der Waals surface area (Å²) in [4.78, 5) is 8.07. The lowest BCUT2D eigenvalue weighted by Gasteiger charge is -2.08. The van der Waals surface area contributed by atoms with Crippen molar-refractivity contribution in [3.05, 3.63) is 12.4 Å². The third-order valence-electron chi connectivity index (χ3n) is 1.56. The molecule has 0 saturated heterocycles. The number of rotatable bonds is 5. The molecule has 1 rings (SSSR count). The summed E-state index contributed by atoms with van der Waals surface area (Å²) in [6, 6.07) is 1.81. The van der Waals surface area contributed by atoms with E-state index in [2.05, 4.69) is 29.1 Å². The van der Waals surface area contributed by atoms with Gasteiger partial charge in [0, 0.05) is 12.6 Å². The van der Waals surface area contributed by atoms with Crippen LogP contribution in [0, 0.1) is 5.92 Å². The number of aromatic nitrogens is 2. The topological polar surface area (TPSA) is 47.0 Å². The van der Waals surface area contributed by atoms with Crippen LogP contribution in [-0.2, 0) is 0 Å². The van der Waals surface area contributed by atoms with Crippen LogP contribution in [0.15, 0.2) is 12.4 Å². The van der Waals surface area contributed by atoms with Crippen molar-refractivity contribution in [3.8, 4) is 5.88 Å². The van der Waals surface area contributed by atoms with Gasteiger partial charge in [-0.2, -0.15) is 0 Å². The molecule has 0 aromatic carbocycles. The highest BCUT2D eigenvalue weighted by Crippen LogP contribution is 2.11. The highest BCUT2D eigenvalue weighted by atomic mass is 16.5. The molecule has 0 aliphatic carbocycles.